The van der Waals surface area contributed by atoms with Gasteiger partial charge in [0.25, 0.3) is 21.8 Å². The number of ether oxygens (including phenoxy) is 1. The first kappa shape index (κ1) is 25.3. The molecule has 0 spiro atoms. The zero-order chi connectivity index (χ0) is 25.9. The molecule has 1 aromatic heterocycles. The van der Waals surface area contributed by atoms with Crippen LogP contribution >= 0.6 is 11.3 Å². The maximum absolute atomic E-state index is 13.1. The second-order valence-electron chi connectivity index (χ2n) is 7.83. The Kier molecular flexibility index (Phi) is 7.36. The van der Waals surface area contributed by atoms with Crippen LogP contribution in [0, 0.1) is 5.82 Å². The van der Waals surface area contributed by atoms with Crippen LogP contribution in [-0.4, -0.2) is 32.9 Å². The molecule has 0 bridgehead atoms. The first-order valence-electron chi connectivity index (χ1n) is 11.0. The van der Waals surface area contributed by atoms with Crippen molar-refractivity contribution in [3.63, 3.8) is 0 Å². The normalized spacial score (nSPS) is 12.5. The number of imide groups is 1. The third-order valence-corrected chi connectivity index (χ3v) is 7.97. The van der Waals surface area contributed by atoms with Gasteiger partial charge in [-0.1, -0.05) is 6.07 Å². The third kappa shape index (κ3) is 5.55. The van der Waals surface area contributed by atoms with Crippen LogP contribution in [0.5, 0.6) is 0 Å². The number of amides is 3. The summed E-state index contributed by atoms with van der Waals surface area (Å²) in [5, 5.41) is 5.19. The van der Waals surface area contributed by atoms with E-state index in [9.17, 15) is 27.2 Å². The van der Waals surface area contributed by atoms with Gasteiger partial charge < -0.3 is 10.1 Å². The van der Waals surface area contributed by atoms with Crippen molar-refractivity contribution in [3.8, 4) is 0 Å². The molecule has 1 aliphatic rings. The highest BCUT2D eigenvalue weighted by atomic mass is 32.2. The number of benzene rings is 2. The average Bonchev–Trinajstić information content (AvgIpc) is 3.40. The number of hydrogen-bond acceptors (Lipinski definition) is 7. The molecule has 3 amide bonds. The zero-order valence-electron chi connectivity index (χ0n) is 19.1. The van der Waals surface area contributed by atoms with Crippen LogP contribution in [0.1, 0.15) is 44.5 Å². The van der Waals surface area contributed by atoms with E-state index in [1.165, 1.54) is 35.6 Å². The monoisotopic (exact) mass is 531 g/mol. The van der Waals surface area contributed by atoms with E-state index in [2.05, 4.69) is 15.4 Å². The summed E-state index contributed by atoms with van der Waals surface area (Å²) >= 11 is 1.27. The van der Waals surface area contributed by atoms with E-state index in [-0.39, 0.29) is 28.3 Å². The minimum Gasteiger partial charge on any atom is -0.450 e. The van der Waals surface area contributed by atoms with Gasteiger partial charge >= 0.3 is 6.09 Å². The summed E-state index contributed by atoms with van der Waals surface area (Å²) in [5.74, 6) is -1.80. The summed E-state index contributed by atoms with van der Waals surface area (Å²) in [6, 6.07) is 10.1. The molecule has 0 atom stereocenters. The first-order chi connectivity index (χ1) is 17.2. The highest BCUT2D eigenvalue weighted by molar-refractivity contribution is 7.92. The molecule has 36 heavy (non-hydrogen) atoms. The van der Waals surface area contributed by atoms with Crippen molar-refractivity contribution in [1.29, 1.82) is 0 Å². The van der Waals surface area contributed by atoms with Crippen molar-refractivity contribution in [2.75, 3.05) is 16.6 Å². The molecule has 0 saturated heterocycles. The van der Waals surface area contributed by atoms with Crippen LogP contribution < -0.4 is 15.4 Å². The molecule has 1 heterocycles. The molecular weight excluding hydrogens is 509 g/mol. The average molecular weight is 532 g/mol. The summed E-state index contributed by atoms with van der Waals surface area (Å²) < 4.78 is 45.5. The van der Waals surface area contributed by atoms with E-state index >= 15 is 0 Å². The molecule has 9 nitrogen and oxygen atoms in total. The molecule has 3 N–H and O–H groups in total. The number of rotatable bonds is 7. The van der Waals surface area contributed by atoms with Crippen LogP contribution in [0.3, 0.4) is 0 Å². The number of aryl methyl sites for hydroxylation is 1. The molecule has 188 valence electrons. The standard InChI is InChI=1S/C24H22FN3O6S2/c1-2-34-24(31)27-22(30)20-18-7-4-8-19(18)35-23(20)26-21(29)14-5-3-6-16(13-14)28-36(32,33)17-11-9-15(25)10-12-17/h3,5-6,9-13,28H,2,4,7-8H2,1H3,(H,26,29)(H,27,30,31). The first-order valence-corrected chi connectivity index (χ1v) is 13.3. The van der Waals surface area contributed by atoms with Crippen molar-refractivity contribution < 1.29 is 31.9 Å². The minimum absolute atomic E-state index is 0.103. The Bertz CT molecular complexity index is 1430. The van der Waals surface area contributed by atoms with Gasteiger partial charge in [-0.2, -0.15) is 0 Å². The highest BCUT2D eigenvalue weighted by Gasteiger charge is 2.29. The number of sulfonamides is 1. The van der Waals surface area contributed by atoms with Gasteiger partial charge in [-0.3, -0.25) is 19.6 Å². The van der Waals surface area contributed by atoms with Crippen molar-refractivity contribution in [2.24, 2.45) is 0 Å². The number of alkyl carbamates (subject to hydrolysis) is 1. The number of nitrogens with one attached hydrogen (secondary N) is 3. The number of carbonyl (C=O) groups is 3. The van der Waals surface area contributed by atoms with E-state index in [0.717, 1.165) is 47.5 Å². The molecule has 1 aliphatic carbocycles. The predicted octanol–water partition coefficient (Wildman–Crippen LogP) is 4.32. The number of hydrogen-bond donors (Lipinski definition) is 3. The maximum atomic E-state index is 13.1. The van der Waals surface area contributed by atoms with Gasteiger partial charge in [-0.25, -0.2) is 17.6 Å². The smallest absolute Gasteiger partial charge is 0.414 e. The zero-order valence-corrected chi connectivity index (χ0v) is 20.7. The second kappa shape index (κ2) is 10.5. The number of anilines is 2. The van der Waals surface area contributed by atoms with E-state index in [1.54, 1.807) is 6.92 Å². The van der Waals surface area contributed by atoms with Gasteiger partial charge in [-0.05, 0) is 74.2 Å². The largest absolute Gasteiger partial charge is 0.450 e. The third-order valence-electron chi connectivity index (χ3n) is 5.37. The van der Waals surface area contributed by atoms with E-state index in [4.69, 9.17) is 4.74 Å². The topological polar surface area (TPSA) is 131 Å². The fourth-order valence-electron chi connectivity index (χ4n) is 3.78. The number of carbonyl (C=O) groups excluding carboxylic acids is 3. The van der Waals surface area contributed by atoms with Crippen molar-refractivity contribution in [2.45, 2.75) is 31.1 Å². The quantitative estimate of drug-likeness (QED) is 0.416. The fraction of sp³-hybridized carbons (Fsp3) is 0.208. The lowest BCUT2D eigenvalue weighted by Crippen LogP contribution is -2.32. The lowest BCUT2D eigenvalue weighted by Gasteiger charge is -2.11. The molecule has 4 rings (SSSR count). The Hall–Kier alpha value is -3.77. The predicted molar refractivity (Wildman–Crippen MR) is 132 cm³/mol. The number of halogens is 1. The summed E-state index contributed by atoms with van der Waals surface area (Å²) in [7, 11) is -4.01. The molecule has 2 aromatic carbocycles. The molecule has 0 aliphatic heterocycles. The van der Waals surface area contributed by atoms with Crippen molar-refractivity contribution in [3.05, 3.63) is 75.9 Å². The van der Waals surface area contributed by atoms with E-state index < -0.39 is 33.7 Å². The Morgan fingerprint density at radius 3 is 2.53 bits per heavy atom. The van der Waals surface area contributed by atoms with Gasteiger partial charge in [0.15, 0.2) is 0 Å². The Morgan fingerprint density at radius 2 is 1.81 bits per heavy atom. The van der Waals surface area contributed by atoms with Gasteiger partial charge in [0.2, 0.25) is 0 Å². The second-order valence-corrected chi connectivity index (χ2v) is 10.6. The van der Waals surface area contributed by atoms with Crippen molar-refractivity contribution in [1.82, 2.24) is 5.32 Å². The molecular formula is C24H22FN3O6S2. The van der Waals surface area contributed by atoms with Gasteiger partial charge in [0.1, 0.15) is 10.8 Å². The Morgan fingerprint density at radius 1 is 1.06 bits per heavy atom. The van der Waals surface area contributed by atoms with Crippen molar-refractivity contribution >= 4 is 50.0 Å². The lowest BCUT2D eigenvalue weighted by atomic mass is 10.1. The summed E-state index contributed by atoms with van der Waals surface area (Å²) in [6.45, 7) is 1.72. The van der Waals surface area contributed by atoms with Crippen LogP contribution in [-0.2, 0) is 27.6 Å². The molecule has 0 unspecified atom stereocenters. The molecule has 3 aromatic rings. The van der Waals surface area contributed by atoms with Crippen LogP contribution in [0.15, 0.2) is 53.4 Å². The SMILES string of the molecule is CCOC(=O)NC(=O)c1c(NC(=O)c2cccc(NS(=O)(=O)c3ccc(F)cc3)c2)sc2c1CCC2. The maximum Gasteiger partial charge on any atom is 0.414 e. The van der Waals surface area contributed by atoms with Gasteiger partial charge in [-0.15, -0.1) is 11.3 Å². The Balaban J connectivity index is 1.54. The molecule has 0 saturated carbocycles. The Labute approximate surface area is 210 Å². The minimum atomic E-state index is -4.01. The van der Waals surface area contributed by atoms with Crippen LogP contribution in [0.2, 0.25) is 0 Å². The van der Waals surface area contributed by atoms with Gasteiger partial charge in [0.05, 0.1) is 17.1 Å². The van der Waals surface area contributed by atoms with E-state index in [1.807, 2.05) is 0 Å². The molecule has 12 heteroatoms. The highest BCUT2D eigenvalue weighted by Crippen LogP contribution is 2.39. The lowest BCUT2D eigenvalue weighted by molar-refractivity contribution is 0.0925. The summed E-state index contributed by atoms with van der Waals surface area (Å²) in [6.07, 6.45) is 1.40. The number of thiophene rings is 1. The van der Waals surface area contributed by atoms with Crippen LogP contribution in [0.25, 0.3) is 0 Å². The van der Waals surface area contributed by atoms with Crippen LogP contribution in [0.4, 0.5) is 19.9 Å². The van der Waals surface area contributed by atoms with Gasteiger partial charge in [0, 0.05) is 16.1 Å². The number of fused-ring (bicyclic) bond motifs is 1. The summed E-state index contributed by atoms with van der Waals surface area (Å²) in [4.78, 5) is 38.4. The van der Waals surface area contributed by atoms with E-state index in [0.29, 0.717) is 11.4 Å². The molecule has 0 radical (unpaired) electrons. The summed E-state index contributed by atoms with van der Waals surface area (Å²) in [5.41, 5.74) is 1.28. The fourth-order valence-corrected chi connectivity index (χ4v) is 6.11. The molecule has 0 fully saturated rings.